The Labute approximate surface area is 153 Å². The molecule has 0 amide bonds. The van der Waals surface area contributed by atoms with Crippen molar-refractivity contribution < 1.29 is 22.2 Å². The summed E-state index contributed by atoms with van der Waals surface area (Å²) in [6.07, 6.45) is 0.811. The zero-order chi connectivity index (χ0) is 17.0. The maximum Gasteiger partial charge on any atom is 2.00 e. The molecule has 2 rings (SSSR count). The smallest absolute Gasteiger partial charge is 0.522 e. The van der Waals surface area contributed by atoms with Crippen LogP contribution in [0, 0.1) is 6.54 Å². The number of hydrogen-bond donors (Lipinski definition) is 1. The van der Waals surface area contributed by atoms with Gasteiger partial charge in [0.2, 0.25) is 0 Å². The normalized spacial score (nSPS) is 17.7. The fraction of sp³-hybridized carbons (Fsp3) is 0.632. The molecule has 0 aromatic heterocycles. The number of para-hydroxylation sites is 1. The number of benzene rings is 1. The van der Waals surface area contributed by atoms with Gasteiger partial charge in [0, 0.05) is 12.2 Å². The third-order valence-electron chi connectivity index (χ3n) is 4.15. The van der Waals surface area contributed by atoms with Gasteiger partial charge in [-0.05, 0) is 45.6 Å². The Morgan fingerprint density at radius 3 is 2.22 bits per heavy atom. The first-order valence-corrected chi connectivity index (χ1v) is 8.22. The average molecular weight is 369 g/mol. The minimum Gasteiger partial charge on any atom is -0.522 e. The Hall–Kier alpha value is -0.541. The second-order valence-electron chi connectivity index (χ2n) is 7.24. The van der Waals surface area contributed by atoms with Crippen molar-refractivity contribution in [3.05, 3.63) is 36.4 Å². The van der Waals surface area contributed by atoms with E-state index in [1.807, 2.05) is 32.8 Å². The summed E-state index contributed by atoms with van der Waals surface area (Å²) in [6, 6.07) is 8.65. The van der Waals surface area contributed by atoms with E-state index in [1.54, 1.807) is 0 Å². The molecule has 1 aliphatic rings. The third kappa shape index (κ3) is 6.46. The summed E-state index contributed by atoms with van der Waals surface area (Å²) in [5.74, 6) is 0. The van der Waals surface area contributed by atoms with Gasteiger partial charge in [0.15, 0.2) is 0 Å². The molecule has 1 heterocycles. The van der Waals surface area contributed by atoms with E-state index in [-0.39, 0.29) is 22.5 Å². The van der Waals surface area contributed by atoms with Gasteiger partial charge >= 0.3 is 17.1 Å². The predicted octanol–water partition coefficient (Wildman–Crippen LogP) is 3.67. The minimum atomic E-state index is -0.510. The van der Waals surface area contributed by atoms with Crippen molar-refractivity contribution in [2.45, 2.75) is 52.1 Å². The van der Waals surface area contributed by atoms with Gasteiger partial charge in [0.25, 0.3) is 0 Å². The molecule has 0 saturated carbocycles. The van der Waals surface area contributed by atoms with E-state index >= 15 is 0 Å². The zero-order valence-electron chi connectivity index (χ0n) is 15.7. The summed E-state index contributed by atoms with van der Waals surface area (Å²) in [6.45, 7) is 14.7. The molecule has 3 nitrogen and oxygen atoms in total. The first kappa shape index (κ1) is 22.5. The SMILES string of the molecule is CCC(C)(O)CN(C)C.CCN1[CH-]C(C)(C)c2ccccc21.[Cu+2]. The van der Waals surface area contributed by atoms with E-state index in [0.717, 1.165) is 19.5 Å². The van der Waals surface area contributed by atoms with Crippen LogP contribution >= 0.6 is 0 Å². The van der Waals surface area contributed by atoms with Crippen molar-refractivity contribution in [3.8, 4) is 0 Å². The van der Waals surface area contributed by atoms with Gasteiger partial charge in [-0.2, -0.15) is 0 Å². The molecular formula is C19H33CuN2O+. The number of aliphatic hydroxyl groups is 1. The molecule has 0 spiro atoms. The van der Waals surface area contributed by atoms with Crippen molar-refractivity contribution in [2.24, 2.45) is 0 Å². The standard InChI is InChI=1S/C12H16N.C7H17NO.Cu/c1-4-13-9-12(2,3)10-7-5-6-8-11(10)13;1-5-7(2,9)6-8(3)4;/h5-9H,4H2,1-3H3;9H,5-6H2,1-4H3;/q-1;;+2. The van der Waals surface area contributed by atoms with Crippen LogP contribution in [0.25, 0.3) is 0 Å². The maximum atomic E-state index is 9.45. The van der Waals surface area contributed by atoms with Gasteiger partial charge < -0.3 is 14.9 Å². The molecule has 1 aromatic carbocycles. The van der Waals surface area contributed by atoms with E-state index in [9.17, 15) is 5.11 Å². The van der Waals surface area contributed by atoms with Crippen molar-refractivity contribution in [1.82, 2.24) is 4.90 Å². The topological polar surface area (TPSA) is 26.7 Å². The van der Waals surface area contributed by atoms with E-state index in [0.29, 0.717) is 0 Å². The molecular weight excluding hydrogens is 336 g/mol. The second kappa shape index (κ2) is 9.08. The average Bonchev–Trinajstić information content (AvgIpc) is 2.70. The molecule has 4 heteroatoms. The third-order valence-corrected chi connectivity index (χ3v) is 4.15. The summed E-state index contributed by atoms with van der Waals surface area (Å²) in [4.78, 5) is 4.32. The Kier molecular flexibility index (Phi) is 8.86. The Balaban J connectivity index is 0.000000434. The van der Waals surface area contributed by atoms with E-state index in [4.69, 9.17) is 0 Å². The molecule has 1 atom stereocenters. The number of hydrogen-bond acceptors (Lipinski definition) is 3. The van der Waals surface area contributed by atoms with Gasteiger partial charge in [-0.3, -0.25) is 0 Å². The van der Waals surface area contributed by atoms with Gasteiger partial charge in [-0.15, -0.1) is 5.41 Å². The fourth-order valence-electron chi connectivity index (χ4n) is 2.85. The molecule has 1 aromatic rings. The number of likely N-dealkylation sites (N-methyl/N-ethyl adjacent to an activating group) is 2. The Morgan fingerprint density at radius 1 is 1.22 bits per heavy atom. The van der Waals surface area contributed by atoms with Crippen LogP contribution in [-0.4, -0.2) is 42.8 Å². The summed E-state index contributed by atoms with van der Waals surface area (Å²) < 4.78 is 0. The molecule has 1 N–H and O–H groups in total. The van der Waals surface area contributed by atoms with Gasteiger partial charge in [0.1, 0.15) is 0 Å². The number of anilines is 1. The Bertz CT molecular complexity index is 472. The molecule has 0 aliphatic carbocycles. The summed E-state index contributed by atoms with van der Waals surface area (Å²) in [7, 11) is 3.92. The molecule has 135 valence electrons. The van der Waals surface area contributed by atoms with Crippen molar-refractivity contribution in [1.29, 1.82) is 0 Å². The fourth-order valence-corrected chi connectivity index (χ4v) is 2.85. The minimum absolute atomic E-state index is 0. The van der Waals surface area contributed by atoms with Crippen molar-refractivity contribution >= 4 is 5.69 Å². The van der Waals surface area contributed by atoms with Gasteiger partial charge in [-0.25, -0.2) is 6.54 Å². The molecule has 23 heavy (non-hydrogen) atoms. The van der Waals surface area contributed by atoms with Crippen LogP contribution in [-0.2, 0) is 22.5 Å². The van der Waals surface area contributed by atoms with Crippen LogP contribution in [0.2, 0.25) is 0 Å². The first-order valence-electron chi connectivity index (χ1n) is 8.22. The molecule has 0 fully saturated rings. The number of rotatable bonds is 4. The second-order valence-corrected chi connectivity index (χ2v) is 7.24. The summed E-state index contributed by atoms with van der Waals surface area (Å²) in [5, 5.41) is 9.45. The van der Waals surface area contributed by atoms with E-state index in [2.05, 4.69) is 56.5 Å². The van der Waals surface area contributed by atoms with Crippen LogP contribution in [0.3, 0.4) is 0 Å². The van der Waals surface area contributed by atoms with Crippen LogP contribution in [0.1, 0.15) is 46.6 Å². The monoisotopic (exact) mass is 368 g/mol. The molecule has 1 unspecified atom stereocenters. The zero-order valence-corrected chi connectivity index (χ0v) is 16.6. The Morgan fingerprint density at radius 2 is 1.78 bits per heavy atom. The maximum absolute atomic E-state index is 9.45. The van der Waals surface area contributed by atoms with E-state index < -0.39 is 5.60 Å². The van der Waals surface area contributed by atoms with Crippen molar-refractivity contribution in [2.75, 3.05) is 32.1 Å². The number of nitrogens with zero attached hydrogens (tertiary/aromatic N) is 2. The van der Waals surface area contributed by atoms with Gasteiger partial charge in [0.05, 0.1) is 5.60 Å². The van der Waals surface area contributed by atoms with Crippen LogP contribution < -0.4 is 4.90 Å². The van der Waals surface area contributed by atoms with Crippen LogP contribution in [0.15, 0.2) is 24.3 Å². The van der Waals surface area contributed by atoms with Crippen LogP contribution in [0.5, 0.6) is 0 Å². The quantitative estimate of drug-likeness (QED) is 0.648. The molecule has 1 radical (unpaired) electrons. The van der Waals surface area contributed by atoms with E-state index in [1.165, 1.54) is 11.3 Å². The summed E-state index contributed by atoms with van der Waals surface area (Å²) >= 11 is 0. The van der Waals surface area contributed by atoms with Crippen molar-refractivity contribution in [3.63, 3.8) is 0 Å². The van der Waals surface area contributed by atoms with Gasteiger partial charge in [-0.1, -0.05) is 45.9 Å². The molecule has 1 aliphatic heterocycles. The van der Waals surface area contributed by atoms with Crippen LogP contribution in [0.4, 0.5) is 5.69 Å². The largest absolute Gasteiger partial charge is 2.00 e. The molecule has 0 bridgehead atoms. The first-order chi connectivity index (χ1) is 10.1. The number of fused-ring (bicyclic) bond motifs is 1. The summed E-state index contributed by atoms with van der Waals surface area (Å²) in [5.41, 5.74) is 2.50. The molecule has 0 saturated heterocycles. The predicted molar refractivity (Wildman–Crippen MR) is 96.3 cm³/mol.